The number of carbonyl (C=O) groups excluding carboxylic acids is 2. The highest BCUT2D eigenvalue weighted by molar-refractivity contribution is 7.22. The van der Waals surface area contributed by atoms with Crippen LogP contribution in [0.25, 0.3) is 10.2 Å². The van der Waals surface area contributed by atoms with Crippen LogP contribution in [-0.4, -0.2) is 35.9 Å². The quantitative estimate of drug-likeness (QED) is 0.824. The Hall–Kier alpha value is -2.15. The van der Waals surface area contributed by atoms with Crippen LogP contribution in [0.3, 0.4) is 0 Å². The van der Waals surface area contributed by atoms with E-state index in [1.165, 1.54) is 12.8 Å². The van der Waals surface area contributed by atoms with Crippen molar-refractivity contribution in [2.24, 2.45) is 5.92 Å². The third-order valence-corrected chi connectivity index (χ3v) is 6.58. The van der Waals surface area contributed by atoms with Crippen LogP contribution in [0.15, 0.2) is 18.2 Å². The van der Waals surface area contributed by atoms with Crippen molar-refractivity contribution in [3.63, 3.8) is 0 Å². The second-order valence-corrected chi connectivity index (χ2v) is 8.58. The Morgan fingerprint density at radius 2 is 1.93 bits per heavy atom. The number of carbonyl (C=O) groups is 2. The molecule has 4 rings (SSSR count). The number of anilines is 2. The molecule has 0 bridgehead atoms. The third kappa shape index (κ3) is 4.08. The van der Waals surface area contributed by atoms with Gasteiger partial charge in [0.25, 0.3) is 0 Å². The van der Waals surface area contributed by atoms with Gasteiger partial charge in [-0.1, -0.05) is 24.2 Å². The molecular formula is C20H26N4O2S. The van der Waals surface area contributed by atoms with Gasteiger partial charge in [-0.2, -0.15) is 0 Å². The molecule has 2 N–H and O–H groups in total. The summed E-state index contributed by atoms with van der Waals surface area (Å²) < 4.78 is 1.07. The van der Waals surface area contributed by atoms with Crippen molar-refractivity contribution in [2.45, 2.75) is 51.5 Å². The number of thiazole rings is 1. The summed E-state index contributed by atoms with van der Waals surface area (Å²) in [7, 11) is 0. The van der Waals surface area contributed by atoms with Gasteiger partial charge in [0.15, 0.2) is 5.13 Å². The number of aromatic nitrogens is 1. The van der Waals surface area contributed by atoms with E-state index in [0.717, 1.165) is 59.8 Å². The van der Waals surface area contributed by atoms with Crippen molar-refractivity contribution in [1.29, 1.82) is 0 Å². The molecular weight excluding hydrogens is 360 g/mol. The molecule has 1 atom stereocenters. The molecule has 1 aromatic carbocycles. The van der Waals surface area contributed by atoms with Crippen molar-refractivity contribution in [3.8, 4) is 0 Å². The summed E-state index contributed by atoms with van der Waals surface area (Å²) in [5.74, 6) is -0.119. The average Bonchev–Trinajstić information content (AvgIpc) is 3.41. The molecule has 144 valence electrons. The average molecular weight is 387 g/mol. The number of fused-ring (bicyclic) bond motifs is 1. The van der Waals surface area contributed by atoms with Crippen LogP contribution in [0, 0.1) is 5.92 Å². The summed E-state index contributed by atoms with van der Waals surface area (Å²) in [5, 5.41) is 6.83. The van der Waals surface area contributed by atoms with E-state index in [9.17, 15) is 9.59 Å². The minimum absolute atomic E-state index is 0.00307. The van der Waals surface area contributed by atoms with Crippen LogP contribution in [0.2, 0.25) is 0 Å². The number of nitrogens with zero attached hydrogens (tertiary/aromatic N) is 2. The van der Waals surface area contributed by atoms with Gasteiger partial charge in [0, 0.05) is 24.7 Å². The number of benzene rings is 1. The number of hydrogen-bond donors (Lipinski definition) is 2. The number of hydrogen-bond acceptors (Lipinski definition) is 5. The summed E-state index contributed by atoms with van der Waals surface area (Å²) in [4.78, 5) is 31.7. The zero-order chi connectivity index (χ0) is 18.8. The largest absolute Gasteiger partial charge is 0.348 e. The Morgan fingerprint density at radius 3 is 2.67 bits per heavy atom. The highest BCUT2D eigenvalue weighted by Gasteiger charge is 2.25. The monoisotopic (exact) mass is 386 g/mol. The minimum atomic E-state index is -0.546. The molecule has 1 aromatic heterocycles. The number of rotatable bonds is 5. The lowest BCUT2D eigenvalue weighted by molar-refractivity contribution is -0.128. The van der Waals surface area contributed by atoms with Crippen LogP contribution in [0.1, 0.15) is 45.4 Å². The van der Waals surface area contributed by atoms with Gasteiger partial charge < -0.3 is 15.5 Å². The molecule has 1 saturated heterocycles. The minimum Gasteiger partial charge on any atom is -0.348 e. The maximum absolute atomic E-state index is 12.5. The molecule has 1 aliphatic carbocycles. The summed E-state index contributed by atoms with van der Waals surface area (Å²) in [6.07, 6.45) is 6.52. The van der Waals surface area contributed by atoms with Crippen LogP contribution in [0.4, 0.5) is 10.8 Å². The summed E-state index contributed by atoms with van der Waals surface area (Å²) in [5.41, 5.74) is 1.70. The highest BCUT2D eigenvalue weighted by Crippen LogP contribution is 2.32. The maximum atomic E-state index is 12.5. The van der Waals surface area contributed by atoms with E-state index in [0.29, 0.717) is 0 Å². The SMILES string of the molecule is CC(NC(=O)C1CCCC1)C(=O)Nc1ccc2nc(N3CCCC3)sc2c1. The Kier molecular flexibility index (Phi) is 5.29. The Balaban J connectivity index is 1.39. The van der Waals surface area contributed by atoms with E-state index < -0.39 is 6.04 Å². The smallest absolute Gasteiger partial charge is 0.246 e. The molecule has 0 radical (unpaired) electrons. The topological polar surface area (TPSA) is 74.3 Å². The molecule has 1 aliphatic heterocycles. The second-order valence-electron chi connectivity index (χ2n) is 7.57. The molecule has 2 fully saturated rings. The van der Waals surface area contributed by atoms with Crippen molar-refractivity contribution >= 4 is 44.2 Å². The van der Waals surface area contributed by atoms with Crippen molar-refractivity contribution < 1.29 is 9.59 Å². The van der Waals surface area contributed by atoms with Crippen LogP contribution in [-0.2, 0) is 9.59 Å². The molecule has 2 amide bonds. The number of nitrogens with one attached hydrogen (secondary N) is 2. The van der Waals surface area contributed by atoms with Gasteiger partial charge in [-0.15, -0.1) is 0 Å². The molecule has 2 aromatic rings. The van der Waals surface area contributed by atoms with Crippen LogP contribution in [0.5, 0.6) is 0 Å². The fourth-order valence-electron chi connectivity index (χ4n) is 3.87. The van der Waals surface area contributed by atoms with Gasteiger partial charge in [0.05, 0.1) is 10.2 Å². The first-order chi connectivity index (χ1) is 13.1. The standard InChI is InChI=1S/C20H26N4O2S/c1-13(21-19(26)14-6-2-3-7-14)18(25)22-15-8-9-16-17(12-15)27-20(23-16)24-10-4-5-11-24/h8-9,12-14H,2-7,10-11H2,1H3,(H,21,26)(H,22,25). The predicted molar refractivity (Wildman–Crippen MR) is 109 cm³/mol. The zero-order valence-corrected chi connectivity index (χ0v) is 16.5. The van der Waals surface area contributed by atoms with Gasteiger partial charge in [-0.25, -0.2) is 4.98 Å². The van der Waals surface area contributed by atoms with E-state index in [2.05, 4.69) is 15.5 Å². The van der Waals surface area contributed by atoms with E-state index in [4.69, 9.17) is 4.98 Å². The summed E-state index contributed by atoms with van der Waals surface area (Å²) in [6, 6.07) is 5.24. The molecule has 2 heterocycles. The molecule has 1 saturated carbocycles. The summed E-state index contributed by atoms with van der Waals surface area (Å²) >= 11 is 1.67. The van der Waals surface area contributed by atoms with E-state index in [-0.39, 0.29) is 17.7 Å². The number of amides is 2. The van der Waals surface area contributed by atoms with Gasteiger partial charge in [-0.3, -0.25) is 9.59 Å². The molecule has 0 spiro atoms. The molecule has 6 nitrogen and oxygen atoms in total. The highest BCUT2D eigenvalue weighted by atomic mass is 32.1. The molecule has 27 heavy (non-hydrogen) atoms. The normalized spacial score (nSPS) is 18.8. The fraction of sp³-hybridized carbons (Fsp3) is 0.550. The van der Waals surface area contributed by atoms with Crippen molar-refractivity contribution in [1.82, 2.24) is 10.3 Å². The lowest BCUT2D eigenvalue weighted by atomic mass is 10.1. The van der Waals surface area contributed by atoms with Gasteiger partial charge in [0.2, 0.25) is 11.8 Å². The molecule has 7 heteroatoms. The van der Waals surface area contributed by atoms with Crippen LogP contribution < -0.4 is 15.5 Å². The maximum Gasteiger partial charge on any atom is 0.246 e. The fourth-order valence-corrected chi connectivity index (χ4v) is 4.93. The second kappa shape index (κ2) is 7.84. The van der Waals surface area contributed by atoms with E-state index >= 15 is 0 Å². The van der Waals surface area contributed by atoms with Crippen LogP contribution >= 0.6 is 11.3 Å². The van der Waals surface area contributed by atoms with E-state index in [1.807, 2.05) is 18.2 Å². The Bertz CT molecular complexity index is 838. The predicted octanol–water partition coefficient (Wildman–Crippen LogP) is 3.53. The Labute approximate surface area is 163 Å². The Morgan fingerprint density at radius 1 is 1.19 bits per heavy atom. The zero-order valence-electron chi connectivity index (χ0n) is 15.7. The third-order valence-electron chi connectivity index (χ3n) is 5.50. The van der Waals surface area contributed by atoms with Gasteiger partial charge in [-0.05, 0) is 50.8 Å². The molecule has 1 unspecified atom stereocenters. The lowest BCUT2D eigenvalue weighted by Gasteiger charge is -2.16. The first-order valence-electron chi connectivity index (χ1n) is 9.87. The van der Waals surface area contributed by atoms with Crippen molar-refractivity contribution in [3.05, 3.63) is 18.2 Å². The summed E-state index contributed by atoms with van der Waals surface area (Å²) in [6.45, 7) is 3.88. The molecule has 2 aliphatic rings. The van der Waals surface area contributed by atoms with Gasteiger partial charge >= 0.3 is 0 Å². The first-order valence-corrected chi connectivity index (χ1v) is 10.7. The van der Waals surface area contributed by atoms with E-state index in [1.54, 1.807) is 18.3 Å². The lowest BCUT2D eigenvalue weighted by Crippen LogP contribution is -2.43. The van der Waals surface area contributed by atoms with Gasteiger partial charge in [0.1, 0.15) is 6.04 Å². The van der Waals surface area contributed by atoms with Crippen molar-refractivity contribution in [2.75, 3.05) is 23.3 Å². The first kappa shape index (κ1) is 18.2.